The fraction of sp³-hybridized carbons (Fsp3) is 0.909. The Labute approximate surface area is 105 Å². The highest BCUT2D eigenvalue weighted by Crippen LogP contribution is 2.37. The first kappa shape index (κ1) is 13.2. The van der Waals surface area contributed by atoms with E-state index >= 15 is 0 Å². The molecule has 4 heteroatoms. The van der Waals surface area contributed by atoms with Gasteiger partial charge in [-0.2, -0.15) is 0 Å². The summed E-state index contributed by atoms with van der Waals surface area (Å²) >= 11 is 2.32. The van der Waals surface area contributed by atoms with E-state index < -0.39 is 0 Å². The quantitative estimate of drug-likeness (QED) is 0.445. The van der Waals surface area contributed by atoms with Crippen molar-refractivity contribution in [3.8, 4) is 0 Å². The fourth-order valence-electron chi connectivity index (χ4n) is 1.86. The van der Waals surface area contributed by atoms with Crippen LogP contribution in [0, 0.1) is 17.8 Å². The molecule has 0 spiro atoms. The Kier molecular flexibility index (Phi) is 4.83. The van der Waals surface area contributed by atoms with Gasteiger partial charge in [-0.3, -0.25) is 4.79 Å². The largest absolute Gasteiger partial charge is 0.463 e. The van der Waals surface area contributed by atoms with Gasteiger partial charge in [0.05, 0.1) is 6.10 Å². The number of alkyl halides is 1. The molecule has 1 saturated heterocycles. The fourth-order valence-corrected chi connectivity index (χ4v) is 2.89. The van der Waals surface area contributed by atoms with Crippen LogP contribution in [0.2, 0.25) is 0 Å². The van der Waals surface area contributed by atoms with Gasteiger partial charge in [-0.25, -0.2) is 0 Å². The number of halogens is 1. The van der Waals surface area contributed by atoms with E-state index in [2.05, 4.69) is 43.4 Å². The average Bonchev–Trinajstić information content (AvgIpc) is 2.18. The van der Waals surface area contributed by atoms with E-state index in [1.165, 1.54) is 6.92 Å². The van der Waals surface area contributed by atoms with E-state index in [0.29, 0.717) is 24.4 Å². The maximum Gasteiger partial charge on any atom is 0.302 e. The Balaban J connectivity index is 2.54. The average molecular weight is 326 g/mol. The van der Waals surface area contributed by atoms with Crippen LogP contribution < -0.4 is 0 Å². The van der Waals surface area contributed by atoms with Crippen molar-refractivity contribution < 1.29 is 14.3 Å². The van der Waals surface area contributed by atoms with Crippen molar-refractivity contribution in [2.24, 2.45) is 17.8 Å². The van der Waals surface area contributed by atoms with Crippen molar-refractivity contribution in [3.63, 3.8) is 0 Å². The molecule has 1 fully saturated rings. The molecular weight excluding hydrogens is 307 g/mol. The number of carbonyl (C=O) groups excluding carboxylic acids is 1. The Bertz CT molecular complexity index is 232. The molecule has 0 N–H and O–H groups in total. The van der Waals surface area contributed by atoms with Crippen LogP contribution >= 0.6 is 22.6 Å². The van der Waals surface area contributed by atoms with Gasteiger partial charge in [0.25, 0.3) is 0 Å². The van der Waals surface area contributed by atoms with Crippen LogP contribution in [0.5, 0.6) is 0 Å². The topological polar surface area (TPSA) is 35.5 Å². The van der Waals surface area contributed by atoms with E-state index in [0.717, 1.165) is 0 Å². The first-order valence-corrected chi connectivity index (χ1v) is 6.61. The molecule has 0 aromatic carbocycles. The van der Waals surface area contributed by atoms with Crippen molar-refractivity contribution in [2.75, 3.05) is 6.61 Å². The molecule has 1 aliphatic rings. The second-order valence-corrected chi connectivity index (χ2v) is 5.63. The summed E-state index contributed by atoms with van der Waals surface area (Å²) in [6.45, 7) is 8.43. The monoisotopic (exact) mass is 326 g/mol. The second kappa shape index (κ2) is 5.48. The molecule has 0 aliphatic carbocycles. The standard InChI is InChI=1S/C11H19IO3/c1-6-7(2)10(5-14-9(4)13)15-11(12)8(6)3/h6-8,10-11H,5H2,1-4H3/t6-,7+,8?,10?,11-/m0/s1. The van der Waals surface area contributed by atoms with Crippen LogP contribution in [0.4, 0.5) is 0 Å². The van der Waals surface area contributed by atoms with Gasteiger partial charge < -0.3 is 9.47 Å². The normalized spacial score (nSPS) is 41.3. The van der Waals surface area contributed by atoms with Crippen molar-refractivity contribution in [3.05, 3.63) is 0 Å². The van der Waals surface area contributed by atoms with Crippen LogP contribution in [0.15, 0.2) is 0 Å². The third kappa shape index (κ3) is 3.31. The lowest BCUT2D eigenvalue weighted by atomic mass is 9.80. The number of hydrogen-bond acceptors (Lipinski definition) is 3. The molecule has 0 radical (unpaired) electrons. The molecule has 0 amide bonds. The number of ether oxygens (including phenoxy) is 2. The molecule has 1 aliphatic heterocycles. The van der Waals surface area contributed by atoms with Crippen LogP contribution in [0.1, 0.15) is 27.7 Å². The van der Waals surface area contributed by atoms with Gasteiger partial charge >= 0.3 is 5.97 Å². The predicted octanol–water partition coefficient (Wildman–Crippen LogP) is 2.62. The van der Waals surface area contributed by atoms with Gasteiger partial charge in [0.2, 0.25) is 0 Å². The SMILES string of the molecule is CC(=O)OCC1O[C@H](I)C(C)[C@@H](C)[C@H]1C. The first-order chi connectivity index (χ1) is 6.93. The molecule has 0 saturated carbocycles. The molecule has 1 rings (SSSR count). The molecule has 88 valence electrons. The van der Waals surface area contributed by atoms with E-state index in [9.17, 15) is 4.79 Å². The Hall–Kier alpha value is 0.160. The first-order valence-electron chi connectivity index (χ1n) is 5.36. The maximum atomic E-state index is 10.7. The summed E-state index contributed by atoms with van der Waals surface area (Å²) < 4.78 is 11.1. The third-order valence-electron chi connectivity index (χ3n) is 3.41. The minimum Gasteiger partial charge on any atom is -0.463 e. The minimum atomic E-state index is -0.234. The van der Waals surface area contributed by atoms with Gasteiger partial charge in [0.15, 0.2) is 0 Å². The second-order valence-electron chi connectivity index (χ2n) is 4.41. The van der Waals surface area contributed by atoms with Crippen LogP contribution in [-0.4, -0.2) is 22.8 Å². The van der Waals surface area contributed by atoms with Crippen molar-refractivity contribution in [2.45, 2.75) is 37.9 Å². The van der Waals surface area contributed by atoms with E-state index in [1.807, 2.05) is 0 Å². The zero-order valence-corrected chi connectivity index (χ0v) is 11.9. The van der Waals surface area contributed by atoms with E-state index in [1.54, 1.807) is 0 Å². The summed E-state index contributed by atoms with van der Waals surface area (Å²) in [6, 6.07) is 0. The summed E-state index contributed by atoms with van der Waals surface area (Å²) in [4.78, 5) is 10.7. The zero-order chi connectivity index (χ0) is 11.6. The highest BCUT2D eigenvalue weighted by Gasteiger charge is 2.38. The summed E-state index contributed by atoms with van der Waals surface area (Å²) in [5.74, 6) is 1.35. The number of rotatable bonds is 2. The van der Waals surface area contributed by atoms with Crippen LogP contribution in [0.25, 0.3) is 0 Å². The Morgan fingerprint density at radius 3 is 2.40 bits per heavy atom. The van der Waals surface area contributed by atoms with Gasteiger partial charge in [0.1, 0.15) is 10.7 Å². The van der Waals surface area contributed by atoms with E-state index in [4.69, 9.17) is 9.47 Å². The molecular formula is C11H19IO3. The molecule has 5 atom stereocenters. The van der Waals surface area contributed by atoms with Crippen molar-refractivity contribution >= 4 is 28.6 Å². The zero-order valence-electron chi connectivity index (χ0n) is 9.70. The molecule has 0 aromatic rings. The molecule has 1 heterocycles. The van der Waals surface area contributed by atoms with Gasteiger partial charge in [-0.15, -0.1) is 0 Å². The number of carbonyl (C=O) groups is 1. The summed E-state index contributed by atoms with van der Waals surface area (Å²) in [5.41, 5.74) is 0. The smallest absolute Gasteiger partial charge is 0.302 e. The van der Waals surface area contributed by atoms with Crippen molar-refractivity contribution in [1.82, 2.24) is 0 Å². The van der Waals surface area contributed by atoms with Crippen LogP contribution in [-0.2, 0) is 14.3 Å². The Morgan fingerprint density at radius 1 is 1.27 bits per heavy atom. The number of hydrogen-bond donors (Lipinski definition) is 0. The van der Waals surface area contributed by atoms with Crippen molar-refractivity contribution in [1.29, 1.82) is 0 Å². The lowest BCUT2D eigenvalue weighted by Gasteiger charge is -2.41. The highest BCUT2D eigenvalue weighted by molar-refractivity contribution is 14.1. The lowest BCUT2D eigenvalue weighted by Crippen LogP contribution is -2.44. The lowest BCUT2D eigenvalue weighted by molar-refractivity contribution is -0.154. The molecule has 0 aromatic heterocycles. The predicted molar refractivity (Wildman–Crippen MR) is 66.8 cm³/mol. The summed E-state index contributed by atoms with van der Waals surface area (Å²) in [5, 5.41) is 0. The van der Waals surface area contributed by atoms with E-state index in [-0.39, 0.29) is 16.2 Å². The van der Waals surface area contributed by atoms with Crippen LogP contribution in [0.3, 0.4) is 0 Å². The number of esters is 1. The van der Waals surface area contributed by atoms with Gasteiger partial charge in [-0.1, -0.05) is 43.4 Å². The maximum absolute atomic E-state index is 10.7. The molecule has 15 heavy (non-hydrogen) atoms. The van der Waals surface area contributed by atoms with Gasteiger partial charge in [-0.05, 0) is 17.8 Å². The summed E-state index contributed by atoms with van der Waals surface area (Å²) in [7, 11) is 0. The Morgan fingerprint density at radius 2 is 1.87 bits per heavy atom. The molecule has 2 unspecified atom stereocenters. The minimum absolute atomic E-state index is 0.0435. The third-order valence-corrected chi connectivity index (χ3v) is 4.84. The van der Waals surface area contributed by atoms with Gasteiger partial charge in [0, 0.05) is 6.92 Å². The molecule has 3 nitrogen and oxygen atoms in total. The molecule has 0 bridgehead atoms. The summed E-state index contributed by atoms with van der Waals surface area (Å²) in [6.07, 6.45) is 0.0435. The highest BCUT2D eigenvalue weighted by atomic mass is 127.